The van der Waals surface area contributed by atoms with E-state index in [1.165, 1.54) is 0 Å². The second kappa shape index (κ2) is 4.72. The number of carbonyl (C=O) groups is 2. The van der Waals surface area contributed by atoms with Crippen molar-refractivity contribution < 1.29 is 14.3 Å². The maximum atomic E-state index is 11.6. The Hall–Kier alpha value is -1.65. The Morgan fingerprint density at radius 2 is 2.20 bits per heavy atom. The van der Waals surface area contributed by atoms with Crippen molar-refractivity contribution >= 4 is 11.8 Å². The number of ether oxygens (including phenoxy) is 1. The van der Waals surface area contributed by atoms with Crippen molar-refractivity contribution in [1.29, 1.82) is 0 Å². The Balaban J connectivity index is 2.69. The van der Waals surface area contributed by atoms with E-state index in [1.54, 1.807) is 31.8 Å². The highest BCUT2D eigenvalue weighted by Crippen LogP contribution is 2.07. The van der Waals surface area contributed by atoms with Crippen LogP contribution in [0.3, 0.4) is 0 Å². The third-order valence-electron chi connectivity index (χ3n) is 1.89. The lowest BCUT2D eigenvalue weighted by Gasteiger charge is -1.99. The lowest BCUT2D eigenvalue weighted by molar-refractivity contribution is -0.141. The number of ketones is 1. The van der Waals surface area contributed by atoms with E-state index in [2.05, 4.69) is 9.84 Å². The van der Waals surface area contributed by atoms with Crippen molar-refractivity contribution in [3.63, 3.8) is 0 Å². The summed E-state index contributed by atoms with van der Waals surface area (Å²) < 4.78 is 6.24. The van der Waals surface area contributed by atoms with Gasteiger partial charge >= 0.3 is 5.97 Å². The first-order valence-electron chi connectivity index (χ1n) is 4.73. The highest BCUT2D eigenvalue weighted by molar-refractivity contribution is 6.05. The topological polar surface area (TPSA) is 61.2 Å². The van der Waals surface area contributed by atoms with Crippen LogP contribution in [0.4, 0.5) is 0 Å². The molecule has 0 saturated heterocycles. The first-order valence-corrected chi connectivity index (χ1v) is 4.73. The molecule has 0 amide bonds. The van der Waals surface area contributed by atoms with Gasteiger partial charge in [0.05, 0.1) is 6.61 Å². The third-order valence-corrected chi connectivity index (χ3v) is 1.89. The second-order valence-corrected chi connectivity index (χ2v) is 3.24. The van der Waals surface area contributed by atoms with Crippen LogP contribution in [0.1, 0.15) is 29.4 Å². The fourth-order valence-corrected chi connectivity index (χ4v) is 1.31. The molecule has 1 rings (SSSR count). The molecule has 0 bridgehead atoms. The van der Waals surface area contributed by atoms with Crippen LogP contribution in [-0.4, -0.2) is 28.1 Å². The summed E-state index contributed by atoms with van der Waals surface area (Å²) in [7, 11) is 1.73. The molecule has 1 aromatic rings. The molecule has 1 aromatic heterocycles. The molecule has 5 heteroatoms. The van der Waals surface area contributed by atoms with Gasteiger partial charge in [0, 0.05) is 13.2 Å². The van der Waals surface area contributed by atoms with Gasteiger partial charge in [-0.05, 0) is 19.4 Å². The second-order valence-electron chi connectivity index (χ2n) is 3.24. The van der Waals surface area contributed by atoms with E-state index in [1.807, 2.05) is 0 Å². The Kier molecular flexibility index (Phi) is 3.60. The predicted octanol–water partition coefficient (Wildman–Crippen LogP) is 0.864. The molecule has 0 aliphatic rings. The zero-order valence-electron chi connectivity index (χ0n) is 9.11. The van der Waals surface area contributed by atoms with Crippen LogP contribution < -0.4 is 0 Å². The predicted molar refractivity (Wildman–Crippen MR) is 53.5 cm³/mol. The first kappa shape index (κ1) is 11.4. The summed E-state index contributed by atoms with van der Waals surface area (Å²) in [5, 5.41) is 3.98. The summed E-state index contributed by atoms with van der Waals surface area (Å²) in [5.41, 5.74) is 1.11. The maximum Gasteiger partial charge on any atom is 0.313 e. The van der Waals surface area contributed by atoms with E-state index in [9.17, 15) is 9.59 Å². The summed E-state index contributed by atoms with van der Waals surface area (Å²) in [4.78, 5) is 22.7. The molecule has 15 heavy (non-hydrogen) atoms. The van der Waals surface area contributed by atoms with Gasteiger partial charge in [0.15, 0.2) is 5.78 Å². The normalized spacial score (nSPS) is 10.1. The molecule has 82 valence electrons. The first-order chi connectivity index (χ1) is 7.04. The summed E-state index contributed by atoms with van der Waals surface area (Å²) in [6.07, 6.45) is 1.49. The van der Waals surface area contributed by atoms with Gasteiger partial charge in [-0.2, -0.15) is 5.10 Å². The SMILES string of the molecule is CCOC(=O)CC(=O)c1nn(C)cc1C. The smallest absolute Gasteiger partial charge is 0.313 e. The Bertz CT molecular complexity index is 382. The van der Waals surface area contributed by atoms with Gasteiger partial charge in [-0.1, -0.05) is 0 Å². The molecule has 0 saturated carbocycles. The van der Waals surface area contributed by atoms with E-state index in [4.69, 9.17) is 0 Å². The zero-order chi connectivity index (χ0) is 11.4. The van der Waals surface area contributed by atoms with E-state index >= 15 is 0 Å². The molecule has 0 atom stereocenters. The standard InChI is InChI=1S/C10H14N2O3/c1-4-15-9(14)5-8(13)10-7(2)6-12(3)11-10/h6H,4-5H2,1-3H3. The molecule has 0 aliphatic heterocycles. The number of carbonyl (C=O) groups excluding carboxylic acids is 2. The molecular weight excluding hydrogens is 196 g/mol. The summed E-state index contributed by atoms with van der Waals surface area (Å²) >= 11 is 0. The van der Waals surface area contributed by atoms with Gasteiger partial charge in [0.2, 0.25) is 0 Å². The fraction of sp³-hybridized carbons (Fsp3) is 0.500. The maximum absolute atomic E-state index is 11.6. The minimum absolute atomic E-state index is 0.244. The lowest BCUT2D eigenvalue weighted by Crippen LogP contribution is -2.12. The number of aromatic nitrogens is 2. The van der Waals surface area contributed by atoms with E-state index in [0.29, 0.717) is 5.69 Å². The van der Waals surface area contributed by atoms with Crippen LogP contribution in [0.15, 0.2) is 6.20 Å². The van der Waals surface area contributed by atoms with Gasteiger partial charge < -0.3 is 4.74 Å². The average molecular weight is 210 g/mol. The molecule has 0 aliphatic carbocycles. The Morgan fingerprint density at radius 3 is 2.67 bits per heavy atom. The van der Waals surface area contributed by atoms with E-state index < -0.39 is 5.97 Å². The van der Waals surface area contributed by atoms with Gasteiger partial charge in [-0.3, -0.25) is 14.3 Å². The molecule has 1 heterocycles. The number of aryl methyl sites for hydroxylation is 2. The number of esters is 1. The number of hydrogen-bond acceptors (Lipinski definition) is 4. The third kappa shape index (κ3) is 2.90. The van der Waals surface area contributed by atoms with Crippen LogP contribution in [0.25, 0.3) is 0 Å². The largest absolute Gasteiger partial charge is 0.466 e. The number of Topliss-reactive ketones (excluding diaryl/α,β-unsaturated/α-hetero) is 1. The Labute approximate surface area is 88.0 Å². The molecule has 0 aromatic carbocycles. The lowest BCUT2D eigenvalue weighted by atomic mass is 10.1. The van der Waals surface area contributed by atoms with E-state index in [0.717, 1.165) is 5.56 Å². The molecule has 0 N–H and O–H groups in total. The highest BCUT2D eigenvalue weighted by atomic mass is 16.5. The molecule has 0 fully saturated rings. The fourth-order valence-electron chi connectivity index (χ4n) is 1.31. The summed E-state index contributed by atoms with van der Waals surface area (Å²) in [5.74, 6) is -0.806. The van der Waals surface area contributed by atoms with Crippen molar-refractivity contribution in [3.8, 4) is 0 Å². The molecule has 0 spiro atoms. The summed E-state index contributed by atoms with van der Waals surface area (Å²) in [6.45, 7) is 3.77. The number of nitrogens with zero attached hydrogens (tertiary/aromatic N) is 2. The van der Waals surface area contributed by atoms with Crippen LogP contribution in [-0.2, 0) is 16.6 Å². The summed E-state index contributed by atoms with van der Waals surface area (Å²) in [6, 6.07) is 0. The Morgan fingerprint density at radius 1 is 1.53 bits per heavy atom. The molecule has 0 unspecified atom stereocenters. The molecule has 5 nitrogen and oxygen atoms in total. The average Bonchev–Trinajstić information content (AvgIpc) is 2.45. The zero-order valence-corrected chi connectivity index (χ0v) is 9.11. The van der Waals surface area contributed by atoms with Crippen LogP contribution >= 0.6 is 0 Å². The van der Waals surface area contributed by atoms with Gasteiger partial charge in [-0.25, -0.2) is 0 Å². The molecule has 0 radical (unpaired) electrons. The minimum Gasteiger partial charge on any atom is -0.466 e. The quantitative estimate of drug-likeness (QED) is 0.420. The van der Waals surface area contributed by atoms with Gasteiger partial charge in [0.1, 0.15) is 12.1 Å². The van der Waals surface area contributed by atoms with Crippen molar-refractivity contribution in [1.82, 2.24) is 9.78 Å². The highest BCUT2D eigenvalue weighted by Gasteiger charge is 2.17. The van der Waals surface area contributed by atoms with Crippen molar-refractivity contribution in [2.45, 2.75) is 20.3 Å². The van der Waals surface area contributed by atoms with Gasteiger partial charge in [-0.15, -0.1) is 0 Å². The number of rotatable bonds is 4. The van der Waals surface area contributed by atoms with Crippen LogP contribution in [0.5, 0.6) is 0 Å². The van der Waals surface area contributed by atoms with Crippen molar-refractivity contribution in [2.75, 3.05) is 6.61 Å². The minimum atomic E-state index is -0.507. The van der Waals surface area contributed by atoms with Crippen LogP contribution in [0, 0.1) is 6.92 Å². The monoisotopic (exact) mass is 210 g/mol. The number of hydrogen-bond donors (Lipinski definition) is 0. The van der Waals surface area contributed by atoms with Crippen molar-refractivity contribution in [2.24, 2.45) is 7.05 Å². The van der Waals surface area contributed by atoms with Crippen LogP contribution in [0.2, 0.25) is 0 Å². The van der Waals surface area contributed by atoms with Gasteiger partial charge in [0.25, 0.3) is 0 Å². The van der Waals surface area contributed by atoms with Crippen molar-refractivity contribution in [3.05, 3.63) is 17.5 Å². The van der Waals surface area contributed by atoms with E-state index in [-0.39, 0.29) is 18.8 Å². The molecular formula is C10H14N2O3.